The predicted molar refractivity (Wildman–Crippen MR) is 108 cm³/mol. The van der Waals surface area contributed by atoms with Crippen LogP contribution in [0.3, 0.4) is 0 Å². The fourth-order valence-electron chi connectivity index (χ4n) is 4.85. The number of allylic oxidation sites excluding steroid dienone is 2. The Balaban J connectivity index is 1.34. The molecule has 3 aliphatic rings. The van der Waals surface area contributed by atoms with Gasteiger partial charge in [-0.05, 0) is 79.6 Å². The number of carbonyl (C=O) groups is 3. The molecule has 0 N–H and O–H groups in total. The van der Waals surface area contributed by atoms with E-state index in [1.807, 2.05) is 26.0 Å². The third-order valence-corrected chi connectivity index (χ3v) is 6.52. The Morgan fingerprint density at radius 3 is 2.10 bits per heavy atom. The minimum absolute atomic E-state index is 0.123. The second-order valence-electron chi connectivity index (χ2n) is 8.19. The van der Waals surface area contributed by atoms with E-state index in [1.165, 1.54) is 4.90 Å². The summed E-state index contributed by atoms with van der Waals surface area (Å²) < 4.78 is 5.45. The summed E-state index contributed by atoms with van der Waals surface area (Å²) in [6, 6.07) is 12.0. The van der Waals surface area contributed by atoms with Crippen LogP contribution in [0.15, 0.2) is 54.6 Å². The summed E-state index contributed by atoms with van der Waals surface area (Å²) in [4.78, 5) is 39.5. The van der Waals surface area contributed by atoms with E-state index in [4.69, 9.17) is 4.74 Å². The number of rotatable bonds is 3. The molecule has 2 aromatic carbocycles. The van der Waals surface area contributed by atoms with Crippen molar-refractivity contribution in [3.8, 4) is 5.75 Å². The number of amides is 2. The lowest BCUT2D eigenvalue weighted by Gasteiger charge is -2.17. The number of fused-ring (bicyclic) bond motifs is 5. The van der Waals surface area contributed by atoms with Gasteiger partial charge in [-0.25, -0.2) is 4.79 Å². The summed E-state index contributed by atoms with van der Waals surface area (Å²) >= 11 is 0. The Morgan fingerprint density at radius 1 is 0.897 bits per heavy atom. The van der Waals surface area contributed by atoms with Gasteiger partial charge in [0.1, 0.15) is 5.75 Å². The van der Waals surface area contributed by atoms with Crippen molar-refractivity contribution in [1.29, 1.82) is 0 Å². The van der Waals surface area contributed by atoms with Gasteiger partial charge in [0.05, 0.1) is 23.1 Å². The van der Waals surface area contributed by atoms with E-state index in [0.29, 0.717) is 17.0 Å². The summed E-state index contributed by atoms with van der Waals surface area (Å²) in [6.45, 7) is 3.96. The Bertz CT molecular complexity index is 1040. The average Bonchev–Trinajstić information content (AvgIpc) is 3.39. The van der Waals surface area contributed by atoms with Gasteiger partial charge in [-0.3, -0.25) is 14.5 Å². The van der Waals surface area contributed by atoms with Gasteiger partial charge in [-0.1, -0.05) is 18.2 Å². The zero-order valence-electron chi connectivity index (χ0n) is 16.3. The number of hydrogen-bond donors (Lipinski definition) is 0. The molecule has 1 saturated heterocycles. The van der Waals surface area contributed by atoms with E-state index in [-0.39, 0.29) is 35.5 Å². The summed E-state index contributed by atoms with van der Waals surface area (Å²) in [6.07, 6.45) is 5.06. The van der Waals surface area contributed by atoms with E-state index in [2.05, 4.69) is 12.2 Å². The number of aryl methyl sites for hydroxylation is 2. The fraction of sp³-hybridized carbons (Fsp3) is 0.292. The van der Waals surface area contributed by atoms with Crippen molar-refractivity contribution in [3.63, 3.8) is 0 Å². The number of nitrogens with zero attached hydrogens (tertiary/aromatic N) is 1. The van der Waals surface area contributed by atoms with E-state index >= 15 is 0 Å². The van der Waals surface area contributed by atoms with Gasteiger partial charge in [0.25, 0.3) is 0 Å². The molecule has 1 heterocycles. The maximum Gasteiger partial charge on any atom is 0.343 e. The van der Waals surface area contributed by atoms with Gasteiger partial charge >= 0.3 is 5.97 Å². The molecular formula is C24H21NO4. The maximum atomic E-state index is 12.9. The molecule has 5 rings (SSSR count). The van der Waals surface area contributed by atoms with E-state index in [9.17, 15) is 14.4 Å². The minimum Gasteiger partial charge on any atom is -0.423 e. The summed E-state index contributed by atoms with van der Waals surface area (Å²) in [5, 5.41) is 0. The minimum atomic E-state index is -0.474. The first-order chi connectivity index (χ1) is 13.9. The van der Waals surface area contributed by atoms with Crippen LogP contribution in [0.1, 0.15) is 27.9 Å². The van der Waals surface area contributed by atoms with Crippen molar-refractivity contribution in [2.75, 3.05) is 4.90 Å². The first-order valence-electron chi connectivity index (χ1n) is 9.89. The molecule has 0 radical (unpaired) electrons. The zero-order chi connectivity index (χ0) is 20.3. The van der Waals surface area contributed by atoms with Crippen molar-refractivity contribution in [2.24, 2.45) is 23.7 Å². The molecule has 1 aliphatic heterocycles. The molecule has 2 bridgehead atoms. The second kappa shape index (κ2) is 6.41. The molecule has 0 spiro atoms. The molecule has 2 amide bonds. The molecule has 0 aromatic heterocycles. The van der Waals surface area contributed by atoms with Crippen LogP contribution in [-0.2, 0) is 9.59 Å². The predicted octanol–water partition coefficient (Wildman–Crippen LogP) is 3.83. The highest BCUT2D eigenvalue weighted by atomic mass is 16.5. The van der Waals surface area contributed by atoms with Crippen LogP contribution in [-0.4, -0.2) is 17.8 Å². The van der Waals surface area contributed by atoms with E-state index < -0.39 is 5.97 Å². The van der Waals surface area contributed by atoms with Crippen molar-refractivity contribution >= 4 is 23.5 Å². The van der Waals surface area contributed by atoms with E-state index in [0.717, 1.165) is 17.5 Å². The maximum absolute atomic E-state index is 12.9. The van der Waals surface area contributed by atoms with Crippen LogP contribution in [0, 0.1) is 37.5 Å². The first-order valence-corrected chi connectivity index (χ1v) is 9.89. The normalized spacial score (nSPS) is 26.9. The van der Waals surface area contributed by atoms with Crippen LogP contribution >= 0.6 is 0 Å². The molecule has 2 aromatic rings. The van der Waals surface area contributed by atoms with Gasteiger partial charge in [0.2, 0.25) is 11.8 Å². The third kappa shape index (κ3) is 2.72. The summed E-state index contributed by atoms with van der Waals surface area (Å²) in [5.41, 5.74) is 3.05. The Morgan fingerprint density at radius 2 is 1.52 bits per heavy atom. The van der Waals surface area contributed by atoms with Gasteiger partial charge in [-0.2, -0.15) is 0 Å². The molecule has 2 fully saturated rings. The number of carbonyl (C=O) groups excluding carboxylic acids is 3. The lowest BCUT2D eigenvalue weighted by molar-refractivity contribution is -0.123. The molecule has 1 saturated carbocycles. The second-order valence-corrected chi connectivity index (χ2v) is 8.19. The summed E-state index contributed by atoms with van der Waals surface area (Å²) in [5.74, 6) is -0.332. The lowest BCUT2D eigenvalue weighted by Crippen LogP contribution is -2.32. The van der Waals surface area contributed by atoms with Gasteiger partial charge in [0.15, 0.2) is 0 Å². The molecule has 4 atom stereocenters. The number of ether oxygens (including phenoxy) is 1. The number of esters is 1. The first kappa shape index (κ1) is 17.9. The number of benzene rings is 2. The SMILES string of the molecule is Cc1ccc(OC(=O)c2ccc(N3C(=O)[C@H]4[C@H](C3=O)[C@H]3C=C[C@H]4C3)cc2)cc1C. The van der Waals surface area contributed by atoms with Crippen molar-refractivity contribution in [3.05, 3.63) is 71.3 Å². The van der Waals surface area contributed by atoms with Gasteiger partial charge < -0.3 is 4.74 Å². The largest absolute Gasteiger partial charge is 0.423 e. The molecule has 2 aliphatic carbocycles. The van der Waals surface area contributed by atoms with Crippen LogP contribution in [0.25, 0.3) is 0 Å². The molecule has 5 heteroatoms. The third-order valence-electron chi connectivity index (χ3n) is 6.52. The van der Waals surface area contributed by atoms with Crippen molar-refractivity contribution in [2.45, 2.75) is 20.3 Å². The van der Waals surface area contributed by atoms with Crippen LogP contribution in [0.5, 0.6) is 5.75 Å². The molecule has 0 unspecified atom stereocenters. The highest BCUT2D eigenvalue weighted by Gasteiger charge is 2.59. The topological polar surface area (TPSA) is 63.7 Å². The zero-order valence-corrected chi connectivity index (χ0v) is 16.3. The molecule has 5 nitrogen and oxygen atoms in total. The van der Waals surface area contributed by atoms with Crippen molar-refractivity contribution < 1.29 is 19.1 Å². The highest BCUT2D eigenvalue weighted by molar-refractivity contribution is 6.22. The Labute approximate surface area is 169 Å². The standard InChI is InChI=1S/C24H21NO4/c1-13-3-10-19(11-14(13)2)29-24(28)15-6-8-18(9-7-15)25-22(26)20-16-4-5-17(12-16)21(20)23(25)27/h3-11,16-17,20-21H,12H2,1-2H3/t16-,17-,20+,21+/m0/s1. The number of imide groups is 1. The monoisotopic (exact) mass is 387 g/mol. The highest BCUT2D eigenvalue weighted by Crippen LogP contribution is 2.53. The van der Waals surface area contributed by atoms with E-state index in [1.54, 1.807) is 30.3 Å². The Hall–Kier alpha value is -3.21. The quantitative estimate of drug-likeness (QED) is 0.347. The average molecular weight is 387 g/mol. The fourth-order valence-corrected chi connectivity index (χ4v) is 4.85. The van der Waals surface area contributed by atoms with Crippen LogP contribution in [0.2, 0.25) is 0 Å². The molecule has 29 heavy (non-hydrogen) atoms. The molecular weight excluding hydrogens is 366 g/mol. The van der Waals surface area contributed by atoms with Crippen molar-refractivity contribution in [1.82, 2.24) is 0 Å². The summed E-state index contributed by atoms with van der Waals surface area (Å²) in [7, 11) is 0. The molecule has 146 valence electrons. The van der Waals surface area contributed by atoms with Gasteiger partial charge in [0, 0.05) is 0 Å². The van der Waals surface area contributed by atoms with Gasteiger partial charge in [-0.15, -0.1) is 0 Å². The van der Waals surface area contributed by atoms with Crippen LogP contribution in [0.4, 0.5) is 5.69 Å². The lowest BCUT2D eigenvalue weighted by atomic mass is 9.85. The Kier molecular flexibility index (Phi) is 3.95. The smallest absolute Gasteiger partial charge is 0.343 e. The number of hydrogen-bond acceptors (Lipinski definition) is 4. The van der Waals surface area contributed by atoms with Crippen LogP contribution < -0.4 is 9.64 Å². The number of anilines is 1.